The van der Waals surface area contributed by atoms with Gasteiger partial charge >= 0.3 is 5.97 Å². The fourth-order valence-corrected chi connectivity index (χ4v) is 6.25. The van der Waals surface area contributed by atoms with Gasteiger partial charge in [-0.05, 0) is 79.8 Å². The van der Waals surface area contributed by atoms with E-state index in [1.807, 2.05) is 48.5 Å². The Morgan fingerprint density at radius 3 is 2.22 bits per heavy atom. The van der Waals surface area contributed by atoms with Crippen molar-refractivity contribution in [2.45, 2.75) is 51.4 Å². The molecular formula is C33H38FN3O4. The molecule has 8 heteroatoms. The van der Waals surface area contributed by atoms with Gasteiger partial charge in [-0.25, -0.2) is 4.39 Å². The summed E-state index contributed by atoms with van der Waals surface area (Å²) in [6.45, 7) is 7.57. The van der Waals surface area contributed by atoms with Crippen LogP contribution in [0, 0.1) is 11.7 Å². The van der Waals surface area contributed by atoms with Crippen molar-refractivity contribution in [3.05, 3.63) is 101 Å². The predicted octanol–water partition coefficient (Wildman–Crippen LogP) is 5.15. The molecule has 5 rings (SSSR count). The molecule has 1 unspecified atom stereocenters. The minimum absolute atomic E-state index is 0.0871. The van der Waals surface area contributed by atoms with Gasteiger partial charge in [0.2, 0.25) is 0 Å². The van der Waals surface area contributed by atoms with Crippen LogP contribution in [0.25, 0.3) is 0 Å². The fourth-order valence-electron chi connectivity index (χ4n) is 6.25. The molecule has 0 spiro atoms. The summed E-state index contributed by atoms with van der Waals surface area (Å²) in [6, 6.07) is 21.9. The number of piperazine rings is 1. The molecule has 7 nitrogen and oxygen atoms in total. The maximum Gasteiger partial charge on any atom is 0.306 e. The Morgan fingerprint density at radius 1 is 0.902 bits per heavy atom. The first-order chi connectivity index (χ1) is 19.7. The van der Waals surface area contributed by atoms with E-state index in [4.69, 9.17) is 0 Å². The number of nitrogens with zero attached hydrogens (tertiary/aromatic N) is 3. The molecule has 2 N–H and O–H groups in total. The Hall–Kier alpha value is -3.75. The molecule has 0 radical (unpaired) electrons. The molecule has 2 saturated heterocycles. The number of likely N-dealkylation sites (tertiary alicyclic amines) is 1. The highest BCUT2D eigenvalue weighted by atomic mass is 19.1. The Balaban J connectivity index is 1.40. The second kappa shape index (κ2) is 12.4. The van der Waals surface area contributed by atoms with Crippen molar-refractivity contribution in [3.63, 3.8) is 0 Å². The van der Waals surface area contributed by atoms with E-state index in [1.165, 1.54) is 12.1 Å². The highest BCUT2D eigenvalue weighted by Crippen LogP contribution is 2.35. The number of carbonyl (C=O) groups is 2. The summed E-state index contributed by atoms with van der Waals surface area (Å²) in [4.78, 5) is 31.4. The van der Waals surface area contributed by atoms with Crippen molar-refractivity contribution < 1.29 is 24.2 Å². The van der Waals surface area contributed by atoms with Gasteiger partial charge in [-0.15, -0.1) is 0 Å². The lowest BCUT2D eigenvalue weighted by Gasteiger charge is -2.47. The third-order valence-corrected chi connectivity index (χ3v) is 8.56. The number of phenolic OH excluding ortho intramolecular Hbond substituents is 1. The number of carboxylic acid groups (broad SMARTS) is 1. The van der Waals surface area contributed by atoms with Gasteiger partial charge in [0.25, 0.3) is 5.91 Å². The molecule has 2 aliphatic rings. The lowest BCUT2D eigenvalue weighted by atomic mass is 9.91. The third-order valence-electron chi connectivity index (χ3n) is 8.56. The number of carboxylic acids is 1. The number of aromatic hydroxyl groups is 1. The van der Waals surface area contributed by atoms with E-state index in [1.54, 1.807) is 17.0 Å². The maximum atomic E-state index is 13.5. The van der Waals surface area contributed by atoms with E-state index in [0.717, 1.165) is 36.3 Å². The standard InChI is InChI=1S/C33H38FN3O4/c1-22-20-37(23(2)19-36(22)21-24-9-11-29(34)12-10-24)31(27-6-4-8-30(38)18-27)26-5-3-7-28(17-26)32(39)35-15-13-25(14-16-35)33(40)41/h3-12,17-18,22-23,25,31,38H,13-16,19-21H2,1-2H3,(H,40,41)/t22-,23-,31?/m1/s1. The van der Waals surface area contributed by atoms with Crippen LogP contribution in [0.4, 0.5) is 4.39 Å². The summed E-state index contributed by atoms with van der Waals surface area (Å²) in [5.41, 5.74) is 3.56. The molecular weight excluding hydrogens is 521 g/mol. The summed E-state index contributed by atoms with van der Waals surface area (Å²) >= 11 is 0. The summed E-state index contributed by atoms with van der Waals surface area (Å²) in [7, 11) is 0. The quantitative estimate of drug-likeness (QED) is 0.417. The number of carbonyl (C=O) groups excluding carboxylic acids is 1. The van der Waals surface area contributed by atoms with E-state index < -0.39 is 11.9 Å². The van der Waals surface area contributed by atoms with Gasteiger partial charge in [0, 0.05) is 50.4 Å². The number of hydrogen-bond acceptors (Lipinski definition) is 5. The van der Waals surface area contributed by atoms with Crippen molar-refractivity contribution in [1.82, 2.24) is 14.7 Å². The molecule has 1 amide bonds. The molecule has 41 heavy (non-hydrogen) atoms. The molecule has 2 heterocycles. The van der Waals surface area contributed by atoms with E-state index in [2.05, 4.69) is 23.6 Å². The Morgan fingerprint density at radius 2 is 1.56 bits per heavy atom. The average Bonchev–Trinajstić information content (AvgIpc) is 2.97. The normalized spacial score (nSPS) is 21.5. The first kappa shape index (κ1) is 28.8. The van der Waals surface area contributed by atoms with Crippen LogP contribution in [0.5, 0.6) is 5.75 Å². The summed E-state index contributed by atoms with van der Waals surface area (Å²) in [5, 5.41) is 19.7. The SMILES string of the molecule is C[C@@H]1CN(C(c2cccc(O)c2)c2cccc(C(=O)N3CCC(C(=O)O)CC3)c2)[C@H](C)CN1Cc1ccc(F)cc1. The lowest BCUT2D eigenvalue weighted by Crippen LogP contribution is -2.56. The number of benzene rings is 3. The predicted molar refractivity (Wildman–Crippen MR) is 155 cm³/mol. The number of aliphatic carboxylic acids is 1. The van der Waals surface area contributed by atoms with Crippen LogP contribution in [-0.4, -0.2) is 75.1 Å². The van der Waals surface area contributed by atoms with Crippen molar-refractivity contribution in [2.75, 3.05) is 26.2 Å². The zero-order valence-corrected chi connectivity index (χ0v) is 23.6. The molecule has 216 valence electrons. The Bertz CT molecular complexity index is 1370. The van der Waals surface area contributed by atoms with E-state index >= 15 is 0 Å². The smallest absolute Gasteiger partial charge is 0.306 e. The molecule has 0 aliphatic carbocycles. The number of amides is 1. The number of hydrogen-bond donors (Lipinski definition) is 2. The zero-order chi connectivity index (χ0) is 29.1. The largest absolute Gasteiger partial charge is 0.508 e. The van der Waals surface area contributed by atoms with E-state index in [9.17, 15) is 24.2 Å². The number of rotatable bonds is 7. The van der Waals surface area contributed by atoms with Crippen molar-refractivity contribution in [3.8, 4) is 5.75 Å². The van der Waals surface area contributed by atoms with Gasteiger partial charge in [0.05, 0.1) is 12.0 Å². The van der Waals surface area contributed by atoms with Crippen molar-refractivity contribution in [1.29, 1.82) is 0 Å². The average molecular weight is 560 g/mol. The van der Waals surface area contributed by atoms with Gasteiger partial charge in [-0.3, -0.25) is 19.4 Å². The Kier molecular flexibility index (Phi) is 8.71. The van der Waals surface area contributed by atoms with Crippen molar-refractivity contribution >= 4 is 11.9 Å². The van der Waals surface area contributed by atoms with Gasteiger partial charge in [0.1, 0.15) is 11.6 Å². The van der Waals surface area contributed by atoms with Crippen LogP contribution in [-0.2, 0) is 11.3 Å². The van der Waals surface area contributed by atoms with Crippen LogP contribution < -0.4 is 0 Å². The minimum atomic E-state index is -0.797. The number of piperidine rings is 1. The van der Waals surface area contributed by atoms with E-state index in [0.29, 0.717) is 31.5 Å². The van der Waals surface area contributed by atoms with Crippen LogP contribution in [0.1, 0.15) is 59.8 Å². The van der Waals surface area contributed by atoms with Gasteiger partial charge in [-0.1, -0.05) is 36.4 Å². The molecule has 2 fully saturated rings. The second-order valence-electron chi connectivity index (χ2n) is 11.5. The summed E-state index contributed by atoms with van der Waals surface area (Å²) < 4.78 is 13.4. The molecule has 0 saturated carbocycles. The molecule has 3 aromatic carbocycles. The number of halogens is 1. The fraction of sp³-hybridized carbons (Fsp3) is 0.394. The van der Waals surface area contributed by atoms with Crippen molar-refractivity contribution in [2.24, 2.45) is 5.92 Å². The Labute approximate surface area is 240 Å². The van der Waals surface area contributed by atoms with Crippen LogP contribution in [0.2, 0.25) is 0 Å². The molecule has 3 aromatic rings. The third kappa shape index (κ3) is 6.60. The molecule has 2 aliphatic heterocycles. The van der Waals surface area contributed by atoms with Crippen LogP contribution in [0.3, 0.4) is 0 Å². The maximum absolute atomic E-state index is 13.5. The van der Waals surface area contributed by atoms with Crippen LogP contribution in [0.15, 0.2) is 72.8 Å². The number of phenols is 1. The molecule has 0 aromatic heterocycles. The van der Waals surface area contributed by atoms with Gasteiger partial charge < -0.3 is 15.1 Å². The highest BCUT2D eigenvalue weighted by Gasteiger charge is 2.35. The summed E-state index contributed by atoms with van der Waals surface area (Å²) in [5.74, 6) is -1.33. The molecule has 0 bridgehead atoms. The topological polar surface area (TPSA) is 84.3 Å². The monoisotopic (exact) mass is 559 g/mol. The van der Waals surface area contributed by atoms with Crippen LogP contribution >= 0.6 is 0 Å². The first-order valence-electron chi connectivity index (χ1n) is 14.3. The summed E-state index contributed by atoms with van der Waals surface area (Å²) in [6.07, 6.45) is 0.925. The zero-order valence-electron chi connectivity index (χ0n) is 23.6. The van der Waals surface area contributed by atoms with E-state index in [-0.39, 0.29) is 35.6 Å². The minimum Gasteiger partial charge on any atom is -0.508 e. The second-order valence-corrected chi connectivity index (χ2v) is 11.5. The molecule has 3 atom stereocenters. The van der Waals surface area contributed by atoms with Gasteiger partial charge in [-0.2, -0.15) is 0 Å². The van der Waals surface area contributed by atoms with Gasteiger partial charge in [0.15, 0.2) is 0 Å². The lowest BCUT2D eigenvalue weighted by molar-refractivity contribution is -0.143. The highest BCUT2D eigenvalue weighted by molar-refractivity contribution is 5.94. The first-order valence-corrected chi connectivity index (χ1v) is 14.3.